The molecule has 4 heterocycles. The number of nitrogens with zero attached hydrogens (tertiary/aromatic N) is 6. The quantitative estimate of drug-likeness (QED) is 0.753. The third-order valence-electron chi connectivity index (χ3n) is 5.57. The van der Waals surface area contributed by atoms with Gasteiger partial charge < -0.3 is 19.5 Å². The molecule has 0 radical (unpaired) electrons. The molecular formula is C21H28N6O5. The zero-order chi connectivity index (χ0) is 23.2. The molecule has 11 heteroatoms. The van der Waals surface area contributed by atoms with E-state index in [1.165, 1.54) is 17.3 Å². The van der Waals surface area contributed by atoms with Gasteiger partial charge in [0.25, 0.3) is 5.91 Å². The molecule has 1 N–H and O–H groups in total. The highest BCUT2D eigenvalue weighted by Gasteiger charge is 2.49. The summed E-state index contributed by atoms with van der Waals surface area (Å²) in [5, 5.41) is 15.0. The lowest BCUT2D eigenvalue weighted by Gasteiger charge is -2.36. The minimum atomic E-state index is -1.38. The molecule has 32 heavy (non-hydrogen) atoms. The Balaban J connectivity index is 1.59. The summed E-state index contributed by atoms with van der Waals surface area (Å²) in [4.78, 5) is 36.8. The molecule has 0 saturated carbocycles. The Labute approximate surface area is 185 Å². The Morgan fingerprint density at radius 3 is 2.56 bits per heavy atom. The van der Waals surface area contributed by atoms with Crippen molar-refractivity contribution in [3.63, 3.8) is 0 Å². The molecular weight excluding hydrogens is 416 g/mol. The van der Waals surface area contributed by atoms with Crippen molar-refractivity contribution in [3.8, 4) is 6.01 Å². The van der Waals surface area contributed by atoms with Crippen LogP contribution in [0, 0.1) is 0 Å². The standard InChI is InChI=1S/C21H28N6O5/c1-12-10-26-15(11-25(12)20(30)32-21(3,4)5)14(9-24-26)27-13(2)17(16(28)18(27)29)31-19-22-7-6-8-23-19/h6-9,12-13,16-17,28H,10-11H2,1-5H3/t12-,13+,16-,17+/m0/s1. The molecule has 1 fully saturated rings. The number of aliphatic hydroxyl groups excluding tert-OH is 1. The van der Waals surface area contributed by atoms with Gasteiger partial charge in [-0.15, -0.1) is 0 Å². The summed E-state index contributed by atoms with van der Waals surface area (Å²) in [6, 6.07) is 1.09. The molecule has 0 unspecified atom stereocenters. The summed E-state index contributed by atoms with van der Waals surface area (Å²) in [5.41, 5.74) is 0.602. The minimum absolute atomic E-state index is 0.0833. The average Bonchev–Trinajstić information content (AvgIpc) is 3.20. The number of amides is 2. The Morgan fingerprint density at radius 2 is 1.91 bits per heavy atom. The number of carbonyl (C=O) groups excluding carboxylic acids is 2. The largest absolute Gasteiger partial charge is 0.455 e. The predicted molar refractivity (Wildman–Crippen MR) is 113 cm³/mol. The number of carbonyl (C=O) groups is 2. The fourth-order valence-electron chi connectivity index (χ4n) is 4.02. The lowest BCUT2D eigenvalue weighted by molar-refractivity contribution is -0.126. The molecule has 4 rings (SSSR count). The summed E-state index contributed by atoms with van der Waals surface area (Å²) in [7, 11) is 0. The van der Waals surface area contributed by atoms with Crippen LogP contribution in [-0.4, -0.2) is 71.6 Å². The van der Waals surface area contributed by atoms with E-state index in [9.17, 15) is 14.7 Å². The van der Waals surface area contributed by atoms with Crippen LogP contribution in [0.2, 0.25) is 0 Å². The topological polar surface area (TPSA) is 123 Å². The molecule has 2 aliphatic rings. The average molecular weight is 444 g/mol. The van der Waals surface area contributed by atoms with E-state index in [0.29, 0.717) is 17.9 Å². The van der Waals surface area contributed by atoms with Gasteiger partial charge in [0.1, 0.15) is 5.60 Å². The van der Waals surface area contributed by atoms with Crippen LogP contribution in [0.4, 0.5) is 10.5 Å². The van der Waals surface area contributed by atoms with Crippen molar-refractivity contribution in [3.05, 3.63) is 30.4 Å². The minimum Gasteiger partial charge on any atom is -0.455 e. The first-order valence-corrected chi connectivity index (χ1v) is 10.6. The number of hydrogen-bond donors (Lipinski definition) is 1. The molecule has 0 spiro atoms. The van der Waals surface area contributed by atoms with Crippen molar-refractivity contribution in [1.29, 1.82) is 0 Å². The van der Waals surface area contributed by atoms with Crippen LogP contribution in [0.25, 0.3) is 0 Å². The van der Waals surface area contributed by atoms with Crippen molar-refractivity contribution in [1.82, 2.24) is 24.6 Å². The predicted octanol–water partition coefficient (Wildman–Crippen LogP) is 1.36. The first-order chi connectivity index (χ1) is 15.1. The molecule has 0 aliphatic carbocycles. The summed E-state index contributed by atoms with van der Waals surface area (Å²) >= 11 is 0. The SMILES string of the molecule is C[C@@H]1[C@@H](Oc2ncccn2)[C@H](O)C(=O)N1c1cnn2c1CN(C(=O)OC(C)(C)C)[C@@H](C)C2. The second kappa shape index (κ2) is 8.05. The second-order valence-electron chi connectivity index (χ2n) is 9.12. The van der Waals surface area contributed by atoms with Gasteiger partial charge in [-0.1, -0.05) is 0 Å². The van der Waals surface area contributed by atoms with Crippen LogP contribution in [0.3, 0.4) is 0 Å². The van der Waals surface area contributed by atoms with Crippen LogP contribution in [0.15, 0.2) is 24.7 Å². The fourth-order valence-corrected chi connectivity index (χ4v) is 4.02. The highest BCUT2D eigenvalue weighted by Crippen LogP contribution is 2.34. The van der Waals surface area contributed by atoms with Crippen molar-refractivity contribution in [2.75, 3.05) is 4.90 Å². The molecule has 2 aromatic heterocycles. The Hall–Kier alpha value is -3.21. The van der Waals surface area contributed by atoms with E-state index in [1.54, 1.807) is 28.8 Å². The smallest absolute Gasteiger partial charge is 0.410 e. The van der Waals surface area contributed by atoms with Gasteiger partial charge in [0.15, 0.2) is 12.2 Å². The van der Waals surface area contributed by atoms with Crippen molar-refractivity contribution in [2.45, 2.75) is 77.6 Å². The Morgan fingerprint density at radius 1 is 1.22 bits per heavy atom. The van der Waals surface area contributed by atoms with Crippen molar-refractivity contribution in [2.24, 2.45) is 0 Å². The van der Waals surface area contributed by atoms with Gasteiger partial charge >= 0.3 is 12.1 Å². The third-order valence-corrected chi connectivity index (χ3v) is 5.57. The molecule has 2 aliphatic heterocycles. The van der Waals surface area contributed by atoms with Gasteiger partial charge in [-0.25, -0.2) is 14.8 Å². The third kappa shape index (κ3) is 3.99. The van der Waals surface area contributed by atoms with E-state index in [-0.39, 0.29) is 18.6 Å². The van der Waals surface area contributed by atoms with Gasteiger partial charge in [-0.2, -0.15) is 5.10 Å². The van der Waals surface area contributed by atoms with Gasteiger partial charge in [0.05, 0.1) is 42.8 Å². The number of ether oxygens (including phenoxy) is 2. The molecule has 2 amide bonds. The summed E-state index contributed by atoms with van der Waals surface area (Å²) in [6.07, 6.45) is 1.97. The van der Waals surface area contributed by atoms with Crippen molar-refractivity contribution >= 4 is 17.7 Å². The number of hydrogen-bond acceptors (Lipinski definition) is 8. The second-order valence-corrected chi connectivity index (χ2v) is 9.12. The summed E-state index contributed by atoms with van der Waals surface area (Å²) < 4.78 is 13.1. The normalized spacial score (nSPS) is 25.6. The molecule has 1 saturated heterocycles. The molecule has 172 valence electrons. The zero-order valence-corrected chi connectivity index (χ0v) is 18.8. The van der Waals surface area contributed by atoms with Gasteiger partial charge in [-0.3, -0.25) is 14.4 Å². The van der Waals surface area contributed by atoms with E-state index in [4.69, 9.17) is 9.47 Å². The maximum atomic E-state index is 13.0. The van der Waals surface area contributed by atoms with Gasteiger partial charge in [0, 0.05) is 12.4 Å². The first kappa shape index (κ1) is 22.0. The van der Waals surface area contributed by atoms with Crippen molar-refractivity contribution < 1.29 is 24.2 Å². The lowest BCUT2D eigenvalue weighted by Crippen LogP contribution is -2.47. The maximum Gasteiger partial charge on any atom is 0.410 e. The fraction of sp³-hybridized carbons (Fsp3) is 0.571. The Kier molecular flexibility index (Phi) is 5.53. The molecule has 4 atom stereocenters. The van der Waals surface area contributed by atoms with Gasteiger partial charge in [0.2, 0.25) is 0 Å². The van der Waals surface area contributed by atoms with E-state index >= 15 is 0 Å². The monoisotopic (exact) mass is 444 g/mol. The number of aliphatic hydroxyl groups is 1. The van der Waals surface area contributed by atoms with E-state index in [1.807, 2.05) is 27.7 Å². The van der Waals surface area contributed by atoms with E-state index < -0.39 is 35.9 Å². The van der Waals surface area contributed by atoms with E-state index in [2.05, 4.69) is 15.1 Å². The number of rotatable bonds is 3. The number of anilines is 1. The first-order valence-electron chi connectivity index (χ1n) is 10.6. The molecule has 2 aromatic rings. The van der Waals surface area contributed by atoms with Crippen LogP contribution in [-0.2, 0) is 22.6 Å². The number of aromatic nitrogens is 4. The van der Waals surface area contributed by atoms with Crippen LogP contribution in [0.5, 0.6) is 6.01 Å². The summed E-state index contributed by atoms with van der Waals surface area (Å²) in [5.74, 6) is -0.503. The van der Waals surface area contributed by atoms with Crippen LogP contribution < -0.4 is 9.64 Å². The van der Waals surface area contributed by atoms with Crippen LogP contribution >= 0.6 is 0 Å². The highest BCUT2D eigenvalue weighted by atomic mass is 16.6. The van der Waals surface area contributed by atoms with E-state index in [0.717, 1.165) is 0 Å². The maximum absolute atomic E-state index is 13.0. The molecule has 11 nitrogen and oxygen atoms in total. The lowest BCUT2D eigenvalue weighted by atomic mass is 10.1. The summed E-state index contributed by atoms with van der Waals surface area (Å²) in [6.45, 7) is 9.85. The number of fused-ring (bicyclic) bond motifs is 1. The molecule has 0 bridgehead atoms. The van der Waals surface area contributed by atoms with Crippen LogP contribution in [0.1, 0.15) is 40.3 Å². The highest BCUT2D eigenvalue weighted by molar-refractivity contribution is 6.00. The molecule has 0 aromatic carbocycles. The Bertz CT molecular complexity index is 1000. The zero-order valence-electron chi connectivity index (χ0n) is 18.8. The van der Waals surface area contributed by atoms with Gasteiger partial charge in [-0.05, 0) is 40.7 Å².